The smallest absolute Gasteiger partial charge is 0.191 e. The van der Waals surface area contributed by atoms with Crippen LogP contribution in [-0.2, 0) is 6.42 Å². The van der Waals surface area contributed by atoms with Gasteiger partial charge in [-0.1, -0.05) is 25.8 Å². The van der Waals surface area contributed by atoms with Crippen LogP contribution in [0.4, 0.5) is 0 Å². The molecule has 1 heterocycles. The number of nitrogens with zero attached hydrogens (tertiary/aromatic N) is 2. The van der Waals surface area contributed by atoms with E-state index in [-0.39, 0.29) is 24.0 Å². The van der Waals surface area contributed by atoms with Crippen LogP contribution in [0.3, 0.4) is 0 Å². The van der Waals surface area contributed by atoms with E-state index in [2.05, 4.69) is 52.0 Å². The summed E-state index contributed by atoms with van der Waals surface area (Å²) in [4.78, 5) is 8.28. The third-order valence-electron chi connectivity index (χ3n) is 4.68. The zero-order valence-electron chi connectivity index (χ0n) is 15.3. The summed E-state index contributed by atoms with van der Waals surface area (Å²) in [5.74, 6) is 1.52. The zero-order chi connectivity index (χ0) is 16.5. The second kappa shape index (κ2) is 12.1. The Morgan fingerprint density at radius 2 is 2.12 bits per heavy atom. The van der Waals surface area contributed by atoms with E-state index >= 15 is 0 Å². The predicted molar refractivity (Wildman–Crippen MR) is 117 cm³/mol. The number of halogens is 1. The van der Waals surface area contributed by atoms with Crippen LogP contribution in [0.2, 0.25) is 0 Å². The highest BCUT2D eigenvalue weighted by atomic mass is 127. The van der Waals surface area contributed by atoms with Gasteiger partial charge in [-0.15, -0.1) is 35.3 Å². The van der Waals surface area contributed by atoms with E-state index in [0.717, 1.165) is 38.1 Å². The van der Waals surface area contributed by atoms with Crippen molar-refractivity contribution >= 4 is 41.3 Å². The number of guanidine groups is 1. The van der Waals surface area contributed by atoms with Crippen molar-refractivity contribution in [1.82, 2.24) is 15.5 Å². The number of rotatable bonds is 8. The first kappa shape index (κ1) is 21.7. The summed E-state index contributed by atoms with van der Waals surface area (Å²) in [6.45, 7) is 5.27. The van der Waals surface area contributed by atoms with Crippen molar-refractivity contribution in [2.75, 3.05) is 33.7 Å². The molecule has 0 amide bonds. The van der Waals surface area contributed by atoms with Crippen molar-refractivity contribution in [2.45, 2.75) is 45.1 Å². The molecule has 1 aromatic rings. The van der Waals surface area contributed by atoms with Crippen LogP contribution in [0.5, 0.6) is 0 Å². The number of thiophene rings is 1. The summed E-state index contributed by atoms with van der Waals surface area (Å²) in [5.41, 5.74) is 0. The van der Waals surface area contributed by atoms with Crippen molar-refractivity contribution < 1.29 is 0 Å². The average Bonchev–Trinajstić information content (AvgIpc) is 3.23. The van der Waals surface area contributed by atoms with Gasteiger partial charge in [0.15, 0.2) is 5.96 Å². The van der Waals surface area contributed by atoms with Gasteiger partial charge in [-0.25, -0.2) is 0 Å². The SMILES string of the molecule is CN=C(NCCN(C)C1CCCC1)NCC(C)Cc1cccs1.I. The molecule has 1 saturated carbocycles. The van der Waals surface area contributed by atoms with E-state index in [4.69, 9.17) is 0 Å². The lowest BCUT2D eigenvalue weighted by molar-refractivity contribution is 0.249. The lowest BCUT2D eigenvalue weighted by Gasteiger charge is -2.24. The van der Waals surface area contributed by atoms with Crippen LogP contribution in [-0.4, -0.2) is 50.6 Å². The number of aliphatic imine (C=N–C) groups is 1. The van der Waals surface area contributed by atoms with Gasteiger partial charge in [-0.05, 0) is 43.7 Å². The van der Waals surface area contributed by atoms with Gasteiger partial charge in [0.1, 0.15) is 0 Å². The van der Waals surface area contributed by atoms with Crippen LogP contribution in [0.15, 0.2) is 22.5 Å². The Morgan fingerprint density at radius 3 is 2.75 bits per heavy atom. The minimum absolute atomic E-state index is 0. The second-order valence-corrected chi connectivity index (χ2v) is 7.72. The molecule has 0 radical (unpaired) electrons. The molecule has 24 heavy (non-hydrogen) atoms. The van der Waals surface area contributed by atoms with Crippen molar-refractivity contribution in [1.29, 1.82) is 0 Å². The fourth-order valence-corrected chi connectivity index (χ4v) is 4.08. The molecule has 0 aliphatic heterocycles. The van der Waals surface area contributed by atoms with Gasteiger partial charge >= 0.3 is 0 Å². The molecule has 2 rings (SSSR count). The molecule has 0 spiro atoms. The summed E-state index contributed by atoms with van der Waals surface area (Å²) in [5, 5.41) is 9.04. The van der Waals surface area contributed by atoms with Crippen molar-refractivity contribution in [3.63, 3.8) is 0 Å². The third-order valence-corrected chi connectivity index (χ3v) is 5.58. The largest absolute Gasteiger partial charge is 0.356 e. The van der Waals surface area contributed by atoms with E-state index < -0.39 is 0 Å². The molecule has 1 aromatic heterocycles. The third kappa shape index (κ3) is 7.70. The summed E-state index contributed by atoms with van der Waals surface area (Å²) in [6, 6.07) is 5.13. The molecular weight excluding hydrogens is 431 g/mol. The van der Waals surface area contributed by atoms with Crippen LogP contribution in [0, 0.1) is 5.92 Å². The molecule has 1 aliphatic rings. The molecule has 1 unspecified atom stereocenters. The van der Waals surface area contributed by atoms with E-state index in [0.29, 0.717) is 5.92 Å². The van der Waals surface area contributed by atoms with Crippen LogP contribution < -0.4 is 10.6 Å². The molecule has 138 valence electrons. The Hall–Kier alpha value is -0.340. The molecule has 2 N–H and O–H groups in total. The fraction of sp³-hybridized carbons (Fsp3) is 0.722. The van der Waals surface area contributed by atoms with Gasteiger partial charge in [0, 0.05) is 37.6 Å². The molecular formula is C18H33IN4S. The normalized spacial score (nSPS) is 16.9. The molecule has 4 nitrogen and oxygen atoms in total. The summed E-state index contributed by atoms with van der Waals surface area (Å²) >= 11 is 1.84. The number of likely N-dealkylation sites (N-methyl/N-ethyl adjacent to an activating group) is 1. The van der Waals surface area contributed by atoms with E-state index in [1.54, 1.807) is 0 Å². The van der Waals surface area contributed by atoms with Gasteiger partial charge in [0.05, 0.1) is 0 Å². The highest BCUT2D eigenvalue weighted by molar-refractivity contribution is 14.0. The van der Waals surface area contributed by atoms with Crippen LogP contribution in [0.25, 0.3) is 0 Å². The molecule has 6 heteroatoms. The van der Waals surface area contributed by atoms with Crippen molar-refractivity contribution in [2.24, 2.45) is 10.9 Å². The maximum absolute atomic E-state index is 4.33. The minimum Gasteiger partial charge on any atom is -0.356 e. The Kier molecular flexibility index (Phi) is 10.9. The first-order chi connectivity index (χ1) is 11.2. The highest BCUT2D eigenvalue weighted by Crippen LogP contribution is 2.21. The predicted octanol–water partition coefficient (Wildman–Crippen LogP) is 3.58. The molecule has 0 saturated heterocycles. The monoisotopic (exact) mass is 464 g/mol. The second-order valence-electron chi connectivity index (χ2n) is 6.69. The van der Waals surface area contributed by atoms with E-state index in [1.807, 2.05) is 18.4 Å². The van der Waals surface area contributed by atoms with Crippen LogP contribution >= 0.6 is 35.3 Å². The summed E-state index contributed by atoms with van der Waals surface area (Å²) < 4.78 is 0. The lowest BCUT2D eigenvalue weighted by atomic mass is 10.1. The maximum atomic E-state index is 4.33. The standard InChI is InChI=1S/C18H32N4S.HI/c1-15(13-17-9-6-12-23-17)14-21-18(19-2)20-10-11-22(3)16-7-4-5-8-16;/h6,9,12,15-16H,4-5,7-8,10-11,13-14H2,1-3H3,(H2,19,20,21);1H. The fourth-order valence-electron chi connectivity index (χ4n) is 3.21. The topological polar surface area (TPSA) is 39.7 Å². The quantitative estimate of drug-likeness (QED) is 0.351. The van der Waals surface area contributed by atoms with Gasteiger partial charge < -0.3 is 15.5 Å². The van der Waals surface area contributed by atoms with Gasteiger partial charge in [-0.2, -0.15) is 0 Å². The average molecular weight is 464 g/mol. The highest BCUT2D eigenvalue weighted by Gasteiger charge is 2.18. The van der Waals surface area contributed by atoms with E-state index in [1.165, 1.54) is 30.6 Å². The first-order valence-electron chi connectivity index (χ1n) is 8.86. The lowest BCUT2D eigenvalue weighted by Crippen LogP contribution is -2.43. The van der Waals surface area contributed by atoms with E-state index in [9.17, 15) is 0 Å². The molecule has 0 aromatic carbocycles. The van der Waals surface area contributed by atoms with Gasteiger partial charge in [0.2, 0.25) is 0 Å². The molecule has 1 fully saturated rings. The molecule has 0 bridgehead atoms. The van der Waals surface area contributed by atoms with Crippen molar-refractivity contribution in [3.05, 3.63) is 22.4 Å². The van der Waals surface area contributed by atoms with Crippen molar-refractivity contribution in [3.8, 4) is 0 Å². The molecule has 1 atom stereocenters. The number of nitrogens with one attached hydrogen (secondary N) is 2. The van der Waals surface area contributed by atoms with Gasteiger partial charge in [0.25, 0.3) is 0 Å². The Morgan fingerprint density at radius 1 is 1.38 bits per heavy atom. The first-order valence-corrected chi connectivity index (χ1v) is 9.74. The maximum Gasteiger partial charge on any atom is 0.191 e. The zero-order valence-corrected chi connectivity index (χ0v) is 18.4. The Labute approximate surface area is 168 Å². The summed E-state index contributed by atoms with van der Waals surface area (Å²) in [7, 11) is 4.09. The van der Waals surface area contributed by atoms with Crippen LogP contribution in [0.1, 0.15) is 37.5 Å². The number of hydrogen-bond acceptors (Lipinski definition) is 3. The van der Waals surface area contributed by atoms with Gasteiger partial charge in [-0.3, -0.25) is 4.99 Å². The number of hydrogen-bond donors (Lipinski definition) is 2. The summed E-state index contributed by atoms with van der Waals surface area (Å²) in [6.07, 6.45) is 6.65. The Bertz CT molecular complexity index is 458. The minimum atomic E-state index is 0. The molecule has 1 aliphatic carbocycles. The Balaban J connectivity index is 0.00000288.